The number of nitrogen functional groups attached to an aromatic ring is 1. The van der Waals surface area contributed by atoms with Crippen molar-refractivity contribution >= 4 is 46.3 Å². The summed E-state index contributed by atoms with van der Waals surface area (Å²) in [5.74, 6) is -1.30. The van der Waals surface area contributed by atoms with Crippen molar-refractivity contribution in [3.05, 3.63) is 75.6 Å². The normalized spacial score (nSPS) is 10.5. The predicted molar refractivity (Wildman–Crippen MR) is 95.2 cm³/mol. The second kappa shape index (κ2) is 6.96. The lowest BCUT2D eigenvalue weighted by Crippen LogP contribution is -2.14. The molecule has 0 aliphatic carbocycles. The van der Waals surface area contributed by atoms with Crippen LogP contribution in [-0.4, -0.2) is 16.8 Å². The maximum absolute atomic E-state index is 12.4. The van der Waals surface area contributed by atoms with Crippen LogP contribution in [-0.2, 0) is 0 Å². The van der Waals surface area contributed by atoms with Crippen LogP contribution in [0.2, 0.25) is 10.0 Å². The van der Waals surface area contributed by atoms with Crippen molar-refractivity contribution in [3.8, 4) is 0 Å². The zero-order chi connectivity index (χ0) is 18.0. The van der Waals surface area contributed by atoms with Gasteiger partial charge in [-0.1, -0.05) is 58.7 Å². The van der Waals surface area contributed by atoms with E-state index in [9.17, 15) is 9.59 Å². The molecule has 126 valence electrons. The molecule has 1 heterocycles. The summed E-state index contributed by atoms with van der Waals surface area (Å²) in [6, 6.07) is 13.0. The van der Waals surface area contributed by atoms with Crippen LogP contribution < -0.4 is 11.1 Å². The van der Waals surface area contributed by atoms with Crippen LogP contribution >= 0.6 is 23.2 Å². The van der Waals surface area contributed by atoms with Crippen molar-refractivity contribution < 1.29 is 14.1 Å². The number of hydrogen-bond donors (Lipinski definition) is 2. The van der Waals surface area contributed by atoms with E-state index in [1.54, 1.807) is 30.3 Å². The van der Waals surface area contributed by atoms with Crippen LogP contribution in [0.5, 0.6) is 0 Å². The highest BCUT2D eigenvalue weighted by Crippen LogP contribution is 2.25. The molecule has 0 bridgehead atoms. The first-order chi connectivity index (χ1) is 12.0. The number of rotatable bonds is 4. The Morgan fingerprint density at radius 3 is 2.32 bits per heavy atom. The smallest absolute Gasteiger partial charge is 0.280 e. The molecule has 0 spiro atoms. The van der Waals surface area contributed by atoms with Crippen LogP contribution in [0.15, 0.2) is 53.1 Å². The largest absolute Gasteiger partial charge is 0.393 e. The Kier molecular flexibility index (Phi) is 4.74. The number of ketones is 1. The van der Waals surface area contributed by atoms with Gasteiger partial charge in [0.15, 0.2) is 5.69 Å². The molecule has 25 heavy (non-hydrogen) atoms. The fraction of sp³-hybridized carbons (Fsp3) is 0. The SMILES string of the molecule is Nc1c(C(=O)Nc2cc(Cl)cc(Cl)c2)noc1C(=O)c1ccccc1. The van der Waals surface area contributed by atoms with Crippen molar-refractivity contribution in [2.45, 2.75) is 0 Å². The highest BCUT2D eigenvalue weighted by Gasteiger charge is 2.25. The third-order valence-corrected chi connectivity index (χ3v) is 3.74. The maximum atomic E-state index is 12.4. The van der Waals surface area contributed by atoms with Crippen LogP contribution in [0.25, 0.3) is 0 Å². The van der Waals surface area contributed by atoms with Crippen LogP contribution in [0, 0.1) is 0 Å². The lowest BCUT2D eigenvalue weighted by Gasteiger charge is -2.04. The van der Waals surface area contributed by atoms with Crippen LogP contribution in [0.1, 0.15) is 26.6 Å². The van der Waals surface area contributed by atoms with Gasteiger partial charge in [-0.25, -0.2) is 0 Å². The monoisotopic (exact) mass is 375 g/mol. The Hall–Kier alpha value is -2.83. The molecule has 1 aromatic heterocycles. The van der Waals surface area contributed by atoms with Gasteiger partial charge in [0.2, 0.25) is 11.5 Å². The van der Waals surface area contributed by atoms with Gasteiger partial charge in [-0.15, -0.1) is 0 Å². The topological polar surface area (TPSA) is 98.2 Å². The fourth-order valence-corrected chi connectivity index (χ4v) is 2.69. The van der Waals surface area contributed by atoms with Gasteiger partial charge in [-0.2, -0.15) is 0 Å². The molecule has 6 nitrogen and oxygen atoms in total. The molecular weight excluding hydrogens is 365 g/mol. The highest BCUT2D eigenvalue weighted by molar-refractivity contribution is 6.35. The zero-order valence-corrected chi connectivity index (χ0v) is 14.1. The molecule has 3 aromatic rings. The van der Waals surface area contributed by atoms with Gasteiger partial charge in [-0.05, 0) is 18.2 Å². The second-order valence-corrected chi connectivity index (χ2v) is 5.95. The Balaban J connectivity index is 1.85. The van der Waals surface area contributed by atoms with E-state index in [2.05, 4.69) is 10.5 Å². The summed E-state index contributed by atoms with van der Waals surface area (Å²) in [4.78, 5) is 24.7. The molecule has 0 atom stereocenters. The van der Waals surface area contributed by atoms with E-state index < -0.39 is 11.7 Å². The molecule has 2 aromatic carbocycles. The minimum atomic E-state index is -0.647. The lowest BCUT2D eigenvalue weighted by atomic mass is 10.1. The number of hydrogen-bond acceptors (Lipinski definition) is 5. The minimum absolute atomic E-state index is 0.139. The molecule has 1 amide bonds. The molecule has 0 aliphatic heterocycles. The van der Waals surface area contributed by atoms with Gasteiger partial charge in [-0.3, -0.25) is 9.59 Å². The van der Waals surface area contributed by atoms with Crippen molar-refractivity contribution in [2.24, 2.45) is 0 Å². The Bertz CT molecular complexity index is 935. The fourth-order valence-electron chi connectivity index (χ4n) is 2.16. The molecule has 3 rings (SSSR count). The molecule has 0 aliphatic rings. The predicted octanol–water partition coefficient (Wildman–Crippen LogP) is 4.05. The number of aromatic nitrogens is 1. The number of carbonyl (C=O) groups is 2. The Morgan fingerprint density at radius 1 is 1.04 bits per heavy atom. The molecule has 3 N–H and O–H groups in total. The zero-order valence-electron chi connectivity index (χ0n) is 12.6. The van der Waals surface area contributed by atoms with Gasteiger partial charge < -0.3 is 15.6 Å². The first-order valence-corrected chi connectivity index (χ1v) is 7.83. The third-order valence-electron chi connectivity index (χ3n) is 3.31. The molecule has 0 fully saturated rings. The summed E-state index contributed by atoms with van der Waals surface area (Å²) in [7, 11) is 0. The van der Waals surface area contributed by atoms with Crippen molar-refractivity contribution in [2.75, 3.05) is 11.1 Å². The van der Waals surface area contributed by atoms with Crippen molar-refractivity contribution in [1.82, 2.24) is 5.16 Å². The average molecular weight is 376 g/mol. The van der Waals surface area contributed by atoms with Gasteiger partial charge in [0.25, 0.3) is 5.91 Å². The number of benzene rings is 2. The number of carbonyl (C=O) groups excluding carboxylic acids is 2. The molecule has 0 saturated carbocycles. The summed E-state index contributed by atoms with van der Waals surface area (Å²) in [6.07, 6.45) is 0. The number of nitrogens with one attached hydrogen (secondary N) is 1. The van der Waals surface area contributed by atoms with E-state index in [1.165, 1.54) is 18.2 Å². The number of anilines is 2. The molecule has 0 saturated heterocycles. The Morgan fingerprint density at radius 2 is 1.68 bits per heavy atom. The third kappa shape index (κ3) is 3.65. The lowest BCUT2D eigenvalue weighted by molar-refractivity contribution is 0.0990. The van der Waals surface area contributed by atoms with Gasteiger partial charge in [0.1, 0.15) is 5.69 Å². The summed E-state index contributed by atoms with van der Waals surface area (Å²) in [5, 5.41) is 6.87. The van der Waals surface area contributed by atoms with Crippen LogP contribution in [0.4, 0.5) is 11.4 Å². The second-order valence-electron chi connectivity index (χ2n) is 5.08. The molecule has 0 radical (unpaired) electrons. The molecule has 0 unspecified atom stereocenters. The van der Waals surface area contributed by atoms with E-state index in [-0.39, 0.29) is 17.1 Å². The van der Waals surface area contributed by atoms with Crippen molar-refractivity contribution in [3.63, 3.8) is 0 Å². The average Bonchev–Trinajstić information content (AvgIpc) is 2.95. The number of nitrogens with zero attached hydrogens (tertiary/aromatic N) is 1. The van der Waals surface area contributed by atoms with E-state index in [0.29, 0.717) is 21.3 Å². The van der Waals surface area contributed by atoms with E-state index in [0.717, 1.165) is 0 Å². The number of nitrogens with two attached hydrogens (primary N) is 1. The highest BCUT2D eigenvalue weighted by atomic mass is 35.5. The van der Waals surface area contributed by atoms with E-state index in [4.69, 9.17) is 33.5 Å². The maximum Gasteiger partial charge on any atom is 0.280 e. The summed E-state index contributed by atoms with van der Waals surface area (Å²) in [5.41, 5.74) is 6.26. The number of amides is 1. The number of halogens is 2. The Labute approximate surface area is 152 Å². The summed E-state index contributed by atoms with van der Waals surface area (Å²) in [6.45, 7) is 0. The first kappa shape index (κ1) is 17.0. The van der Waals surface area contributed by atoms with Gasteiger partial charge in [0, 0.05) is 21.3 Å². The first-order valence-electron chi connectivity index (χ1n) is 7.08. The molecule has 8 heteroatoms. The van der Waals surface area contributed by atoms with Crippen molar-refractivity contribution in [1.29, 1.82) is 0 Å². The summed E-state index contributed by atoms with van der Waals surface area (Å²) >= 11 is 11.8. The minimum Gasteiger partial charge on any atom is -0.393 e. The van der Waals surface area contributed by atoms with Gasteiger partial charge >= 0.3 is 0 Å². The van der Waals surface area contributed by atoms with Gasteiger partial charge in [0.05, 0.1) is 0 Å². The molecular formula is C17H11Cl2N3O3. The quantitative estimate of drug-likeness (QED) is 0.670. The van der Waals surface area contributed by atoms with E-state index >= 15 is 0 Å². The standard InChI is InChI=1S/C17H11Cl2N3O3/c18-10-6-11(19)8-12(7-10)21-17(24)14-13(20)16(25-22-14)15(23)9-4-2-1-3-5-9/h1-8H,20H2,(H,21,24). The van der Waals surface area contributed by atoms with E-state index in [1.807, 2.05) is 0 Å². The van der Waals surface area contributed by atoms with Crippen LogP contribution in [0.3, 0.4) is 0 Å². The summed E-state index contributed by atoms with van der Waals surface area (Å²) < 4.78 is 4.98.